The lowest BCUT2D eigenvalue weighted by molar-refractivity contribution is -0.113. The van der Waals surface area contributed by atoms with Crippen molar-refractivity contribution in [1.29, 1.82) is 0 Å². The lowest BCUT2D eigenvalue weighted by Gasteiger charge is -2.07. The molecule has 0 unspecified atom stereocenters. The van der Waals surface area contributed by atoms with Crippen molar-refractivity contribution in [2.24, 2.45) is 0 Å². The maximum absolute atomic E-state index is 12.4. The zero-order valence-corrected chi connectivity index (χ0v) is 18.9. The van der Waals surface area contributed by atoms with Crippen LogP contribution in [-0.4, -0.2) is 39.5 Å². The molecule has 0 saturated carbocycles. The number of methoxy groups -OCH3 is 1. The number of thiophene rings is 2. The molecule has 7 nitrogen and oxygen atoms in total. The zero-order chi connectivity index (χ0) is 20.8. The van der Waals surface area contributed by atoms with Crippen molar-refractivity contribution in [2.75, 3.05) is 18.2 Å². The van der Waals surface area contributed by atoms with Crippen molar-refractivity contribution in [3.05, 3.63) is 33.3 Å². The first-order chi connectivity index (χ1) is 14.1. The van der Waals surface area contributed by atoms with E-state index in [1.54, 1.807) is 22.8 Å². The minimum atomic E-state index is -0.470. The second-order valence-corrected chi connectivity index (χ2v) is 8.95. The van der Waals surface area contributed by atoms with Gasteiger partial charge in [-0.25, -0.2) is 4.79 Å². The van der Waals surface area contributed by atoms with Crippen LogP contribution < -0.4 is 5.32 Å². The van der Waals surface area contributed by atoms with Gasteiger partial charge in [-0.1, -0.05) is 25.1 Å². The third kappa shape index (κ3) is 5.06. The van der Waals surface area contributed by atoms with Gasteiger partial charge >= 0.3 is 5.97 Å². The molecule has 0 radical (unpaired) electrons. The monoisotopic (exact) mass is 450 g/mol. The number of rotatable bonds is 9. The summed E-state index contributed by atoms with van der Waals surface area (Å²) in [6.45, 7) is 4.91. The Morgan fingerprint density at radius 1 is 1.28 bits per heavy atom. The van der Waals surface area contributed by atoms with Crippen LogP contribution >= 0.6 is 34.4 Å². The molecular weight excluding hydrogens is 428 g/mol. The first-order valence-corrected chi connectivity index (χ1v) is 11.9. The lowest BCUT2D eigenvalue weighted by Crippen LogP contribution is -2.16. The Labute approximate surface area is 181 Å². The fourth-order valence-corrected chi connectivity index (χ4v) is 5.30. The Balaban J connectivity index is 1.66. The first kappa shape index (κ1) is 21.5. The van der Waals surface area contributed by atoms with Gasteiger partial charge < -0.3 is 14.6 Å². The number of aryl methyl sites for hydroxylation is 1. The van der Waals surface area contributed by atoms with Crippen LogP contribution in [0.15, 0.2) is 28.0 Å². The normalized spacial score (nSPS) is 10.9. The molecule has 1 N–H and O–H groups in total. The summed E-state index contributed by atoms with van der Waals surface area (Å²) in [7, 11) is 1.31. The number of carbonyl (C=O) groups is 2. The molecule has 10 heteroatoms. The average Bonchev–Trinajstić information content (AvgIpc) is 3.45. The van der Waals surface area contributed by atoms with Gasteiger partial charge in [0.1, 0.15) is 5.00 Å². The number of anilines is 1. The molecule has 0 aromatic carbocycles. The fraction of sp³-hybridized carbons (Fsp3) is 0.368. The number of nitrogens with zero attached hydrogens (tertiary/aromatic N) is 3. The van der Waals surface area contributed by atoms with Gasteiger partial charge in [0.2, 0.25) is 5.91 Å². The Morgan fingerprint density at radius 2 is 2.10 bits per heavy atom. The van der Waals surface area contributed by atoms with E-state index in [2.05, 4.69) is 33.9 Å². The lowest BCUT2D eigenvalue weighted by atomic mass is 10.2. The standard InChI is InChI=1S/C19H22N4O3S3/c1-4-6-13-9-12(10-28-13)16-21-22-19(23(16)5-2)29-11-15(24)20-17-14(7-8-27-17)18(25)26-3/h7-10H,4-6,11H2,1-3H3,(H,20,24). The summed E-state index contributed by atoms with van der Waals surface area (Å²) in [5.41, 5.74) is 1.42. The summed E-state index contributed by atoms with van der Waals surface area (Å²) in [6, 6.07) is 3.80. The second-order valence-electron chi connectivity index (χ2n) is 6.09. The molecular formula is C19H22N4O3S3. The smallest absolute Gasteiger partial charge is 0.340 e. The number of aromatic nitrogens is 3. The highest BCUT2D eigenvalue weighted by atomic mass is 32.2. The van der Waals surface area contributed by atoms with E-state index in [0.717, 1.165) is 24.2 Å². The number of ether oxygens (including phenoxy) is 1. The Kier molecular flexibility index (Phi) is 7.45. The molecule has 0 fully saturated rings. The van der Waals surface area contributed by atoms with Gasteiger partial charge in [-0.2, -0.15) is 0 Å². The Hall–Kier alpha value is -2.17. The highest BCUT2D eigenvalue weighted by molar-refractivity contribution is 7.99. The van der Waals surface area contributed by atoms with E-state index >= 15 is 0 Å². The number of nitrogens with one attached hydrogen (secondary N) is 1. The maximum Gasteiger partial charge on any atom is 0.340 e. The molecule has 0 bridgehead atoms. The largest absolute Gasteiger partial charge is 0.465 e. The number of amides is 1. The van der Waals surface area contributed by atoms with E-state index in [-0.39, 0.29) is 11.7 Å². The van der Waals surface area contributed by atoms with Crippen LogP contribution in [0.5, 0.6) is 0 Å². The van der Waals surface area contributed by atoms with Gasteiger partial charge in [-0.3, -0.25) is 4.79 Å². The molecule has 3 heterocycles. The molecule has 0 aliphatic heterocycles. The topological polar surface area (TPSA) is 86.1 Å². The summed E-state index contributed by atoms with van der Waals surface area (Å²) in [4.78, 5) is 25.4. The molecule has 1 amide bonds. The van der Waals surface area contributed by atoms with Gasteiger partial charge in [0.15, 0.2) is 11.0 Å². The zero-order valence-electron chi connectivity index (χ0n) is 16.4. The molecule has 0 atom stereocenters. The molecule has 154 valence electrons. The molecule has 3 aromatic rings. The number of thioether (sulfide) groups is 1. The van der Waals surface area contributed by atoms with Crippen LogP contribution in [-0.2, 0) is 22.5 Å². The van der Waals surface area contributed by atoms with Crippen LogP contribution in [0.2, 0.25) is 0 Å². The minimum absolute atomic E-state index is 0.168. The minimum Gasteiger partial charge on any atom is -0.465 e. The highest BCUT2D eigenvalue weighted by Crippen LogP contribution is 2.29. The van der Waals surface area contributed by atoms with Crippen LogP contribution in [0.3, 0.4) is 0 Å². The number of hydrogen-bond donors (Lipinski definition) is 1. The number of carbonyl (C=O) groups excluding carboxylic acids is 2. The SMILES string of the molecule is CCCc1cc(-c2nnc(SCC(=O)Nc3sccc3C(=O)OC)n2CC)cs1. The van der Waals surface area contributed by atoms with Crippen molar-refractivity contribution in [3.63, 3.8) is 0 Å². The van der Waals surface area contributed by atoms with E-state index in [1.165, 1.54) is 35.1 Å². The third-order valence-corrected chi connectivity index (χ3v) is 6.89. The predicted octanol–water partition coefficient (Wildman–Crippen LogP) is 4.56. The molecule has 0 aliphatic rings. The summed E-state index contributed by atoms with van der Waals surface area (Å²) in [5, 5.41) is 16.4. The first-order valence-electron chi connectivity index (χ1n) is 9.16. The summed E-state index contributed by atoms with van der Waals surface area (Å²) in [6.07, 6.45) is 2.17. The Bertz CT molecular complexity index is 993. The summed E-state index contributed by atoms with van der Waals surface area (Å²) >= 11 is 4.34. The van der Waals surface area contributed by atoms with Gasteiger partial charge in [0, 0.05) is 22.4 Å². The third-order valence-electron chi connectivity index (χ3n) is 4.10. The van der Waals surface area contributed by atoms with Crippen LogP contribution in [0.25, 0.3) is 11.4 Å². The van der Waals surface area contributed by atoms with Crippen LogP contribution in [0.1, 0.15) is 35.5 Å². The summed E-state index contributed by atoms with van der Waals surface area (Å²) < 4.78 is 6.74. The van der Waals surface area contributed by atoms with Gasteiger partial charge in [0.05, 0.1) is 18.4 Å². The molecule has 3 rings (SSSR count). The van der Waals surface area contributed by atoms with Crippen molar-refractivity contribution in [3.8, 4) is 11.4 Å². The maximum atomic E-state index is 12.4. The Morgan fingerprint density at radius 3 is 2.83 bits per heavy atom. The van der Waals surface area contributed by atoms with Gasteiger partial charge in [-0.05, 0) is 30.9 Å². The number of esters is 1. The van der Waals surface area contributed by atoms with Crippen LogP contribution in [0, 0.1) is 0 Å². The van der Waals surface area contributed by atoms with Gasteiger partial charge in [-0.15, -0.1) is 32.9 Å². The fourth-order valence-electron chi connectivity index (χ4n) is 2.74. The van der Waals surface area contributed by atoms with E-state index in [9.17, 15) is 9.59 Å². The van der Waals surface area contributed by atoms with E-state index in [4.69, 9.17) is 4.74 Å². The van der Waals surface area contributed by atoms with Crippen molar-refractivity contribution >= 4 is 51.3 Å². The molecule has 3 aromatic heterocycles. The predicted molar refractivity (Wildman–Crippen MR) is 118 cm³/mol. The molecule has 0 spiro atoms. The molecule has 0 saturated heterocycles. The van der Waals surface area contributed by atoms with Crippen molar-refractivity contribution < 1.29 is 14.3 Å². The quantitative estimate of drug-likeness (QED) is 0.380. The van der Waals surface area contributed by atoms with E-state index in [0.29, 0.717) is 22.3 Å². The second kappa shape index (κ2) is 10.0. The van der Waals surface area contributed by atoms with Crippen molar-refractivity contribution in [1.82, 2.24) is 14.8 Å². The summed E-state index contributed by atoms with van der Waals surface area (Å²) in [5.74, 6) is 0.306. The number of hydrogen-bond acceptors (Lipinski definition) is 8. The van der Waals surface area contributed by atoms with E-state index in [1.807, 2.05) is 11.5 Å². The highest BCUT2D eigenvalue weighted by Gasteiger charge is 2.18. The van der Waals surface area contributed by atoms with Gasteiger partial charge in [0.25, 0.3) is 0 Å². The molecule has 0 aliphatic carbocycles. The molecule has 29 heavy (non-hydrogen) atoms. The van der Waals surface area contributed by atoms with Crippen LogP contribution in [0.4, 0.5) is 5.00 Å². The van der Waals surface area contributed by atoms with Crippen molar-refractivity contribution in [2.45, 2.75) is 38.4 Å². The average molecular weight is 451 g/mol. The van der Waals surface area contributed by atoms with E-state index < -0.39 is 5.97 Å².